The molecule has 1 atom stereocenters. The first-order chi connectivity index (χ1) is 8.29. The van der Waals surface area contributed by atoms with Crippen LogP contribution in [0.15, 0.2) is 22.7 Å². The number of aliphatic hydroxyl groups is 1. The lowest BCUT2D eigenvalue weighted by Gasteiger charge is -2.23. The fourth-order valence-electron chi connectivity index (χ4n) is 1.58. The molecule has 1 N–H and O–H groups in total. The first-order valence-corrected chi connectivity index (χ1v) is 6.30. The average Bonchev–Trinajstić information content (AvgIpc) is 2.39. The third-order valence-corrected chi connectivity index (χ3v) is 3.28. The van der Waals surface area contributed by atoms with Gasteiger partial charge in [-0.15, -0.1) is 0 Å². The van der Waals surface area contributed by atoms with Crippen molar-refractivity contribution in [2.24, 2.45) is 0 Å². The molecule has 0 radical (unpaired) electrons. The molecular formula is C12H15BrO4. The highest BCUT2D eigenvalue weighted by Crippen LogP contribution is 2.22. The molecule has 1 aromatic carbocycles. The molecule has 2 rings (SSSR count). The highest BCUT2D eigenvalue weighted by Gasteiger charge is 2.15. The van der Waals surface area contributed by atoms with Crippen molar-refractivity contribution in [1.82, 2.24) is 0 Å². The zero-order valence-corrected chi connectivity index (χ0v) is 11.0. The number of rotatable bonds is 4. The van der Waals surface area contributed by atoms with E-state index in [2.05, 4.69) is 15.9 Å². The molecule has 1 heterocycles. The van der Waals surface area contributed by atoms with Gasteiger partial charge in [0.05, 0.1) is 26.4 Å². The normalized spacial score (nSPS) is 20.2. The van der Waals surface area contributed by atoms with Crippen LogP contribution in [0.5, 0.6) is 5.75 Å². The summed E-state index contributed by atoms with van der Waals surface area (Å²) in [5.74, 6) is 0.728. The van der Waals surface area contributed by atoms with E-state index in [1.807, 2.05) is 18.2 Å². The third-order valence-electron chi connectivity index (χ3n) is 2.51. The van der Waals surface area contributed by atoms with Gasteiger partial charge in [0.15, 0.2) is 0 Å². The van der Waals surface area contributed by atoms with Gasteiger partial charge in [-0.05, 0) is 23.8 Å². The molecule has 1 aromatic rings. The van der Waals surface area contributed by atoms with Gasteiger partial charge in [0, 0.05) is 4.47 Å². The highest BCUT2D eigenvalue weighted by atomic mass is 79.9. The van der Waals surface area contributed by atoms with Crippen molar-refractivity contribution in [2.45, 2.75) is 12.7 Å². The van der Waals surface area contributed by atoms with Gasteiger partial charge in [-0.25, -0.2) is 0 Å². The lowest BCUT2D eigenvalue weighted by molar-refractivity contribution is -0.101. The predicted octanol–water partition coefficient (Wildman–Crippen LogP) is 1.74. The van der Waals surface area contributed by atoms with Crippen molar-refractivity contribution in [3.8, 4) is 5.75 Å². The van der Waals surface area contributed by atoms with Crippen LogP contribution in [0.3, 0.4) is 0 Å². The second-order valence-corrected chi connectivity index (χ2v) is 4.64. The van der Waals surface area contributed by atoms with Crippen LogP contribution >= 0.6 is 15.9 Å². The Balaban J connectivity index is 1.89. The fourth-order valence-corrected chi connectivity index (χ4v) is 1.96. The van der Waals surface area contributed by atoms with Crippen LogP contribution in [-0.2, 0) is 16.1 Å². The molecule has 1 saturated heterocycles. The van der Waals surface area contributed by atoms with Crippen molar-refractivity contribution in [2.75, 3.05) is 26.4 Å². The largest absolute Gasteiger partial charge is 0.491 e. The minimum atomic E-state index is -0.0131. The van der Waals surface area contributed by atoms with Crippen LogP contribution in [0.2, 0.25) is 0 Å². The molecule has 4 nitrogen and oxygen atoms in total. The number of ether oxygens (including phenoxy) is 3. The molecule has 0 aromatic heterocycles. The standard InChI is InChI=1S/C12H15BrO4/c13-12-2-1-10(5-9(12)6-14)17-8-11-7-15-3-4-16-11/h1-2,5,11,14H,3-4,6-8H2/t11-/m1/s1. The van der Waals surface area contributed by atoms with Gasteiger partial charge >= 0.3 is 0 Å². The molecule has 17 heavy (non-hydrogen) atoms. The topological polar surface area (TPSA) is 47.9 Å². The summed E-state index contributed by atoms with van der Waals surface area (Å²) >= 11 is 3.36. The smallest absolute Gasteiger partial charge is 0.119 e. The molecular weight excluding hydrogens is 288 g/mol. The first kappa shape index (κ1) is 12.8. The van der Waals surface area contributed by atoms with E-state index in [4.69, 9.17) is 19.3 Å². The Kier molecular flexibility index (Phi) is 4.79. The fraction of sp³-hybridized carbons (Fsp3) is 0.500. The van der Waals surface area contributed by atoms with E-state index in [0.29, 0.717) is 26.4 Å². The van der Waals surface area contributed by atoms with Gasteiger partial charge in [-0.1, -0.05) is 15.9 Å². The maximum absolute atomic E-state index is 9.13. The predicted molar refractivity (Wildman–Crippen MR) is 66.1 cm³/mol. The zero-order valence-electron chi connectivity index (χ0n) is 9.39. The van der Waals surface area contributed by atoms with Gasteiger partial charge < -0.3 is 19.3 Å². The maximum atomic E-state index is 9.13. The summed E-state index contributed by atoms with van der Waals surface area (Å²) in [5.41, 5.74) is 0.809. The lowest BCUT2D eigenvalue weighted by atomic mass is 10.2. The van der Waals surface area contributed by atoms with Crippen LogP contribution < -0.4 is 4.74 Å². The summed E-state index contributed by atoms with van der Waals surface area (Å²) in [6, 6.07) is 5.53. The Morgan fingerprint density at radius 2 is 2.29 bits per heavy atom. The molecule has 0 saturated carbocycles. The van der Waals surface area contributed by atoms with E-state index >= 15 is 0 Å². The van der Waals surface area contributed by atoms with Crippen LogP contribution in [0.4, 0.5) is 0 Å². The molecule has 0 aliphatic carbocycles. The van der Waals surface area contributed by atoms with Crippen molar-refractivity contribution in [1.29, 1.82) is 0 Å². The Hall–Kier alpha value is -0.620. The molecule has 1 aliphatic rings. The van der Waals surface area contributed by atoms with Crippen molar-refractivity contribution >= 4 is 15.9 Å². The first-order valence-electron chi connectivity index (χ1n) is 5.51. The average molecular weight is 303 g/mol. The van der Waals surface area contributed by atoms with Gasteiger partial charge in [-0.2, -0.15) is 0 Å². The molecule has 0 bridgehead atoms. The summed E-state index contributed by atoms with van der Waals surface area (Å²) < 4.78 is 17.2. The minimum absolute atomic E-state index is 0.00928. The third kappa shape index (κ3) is 3.67. The van der Waals surface area contributed by atoms with E-state index in [1.165, 1.54) is 0 Å². The van der Waals surface area contributed by atoms with Crippen LogP contribution in [-0.4, -0.2) is 37.6 Å². The zero-order chi connectivity index (χ0) is 12.1. The highest BCUT2D eigenvalue weighted by molar-refractivity contribution is 9.10. The molecule has 1 fully saturated rings. The van der Waals surface area contributed by atoms with Crippen LogP contribution in [0.25, 0.3) is 0 Å². The molecule has 5 heteroatoms. The number of aliphatic hydroxyl groups excluding tert-OH is 1. The SMILES string of the molecule is OCc1cc(OC[C@H]2COCCO2)ccc1Br. The Morgan fingerprint density at radius 1 is 1.41 bits per heavy atom. The van der Waals surface area contributed by atoms with Gasteiger partial charge in [0.25, 0.3) is 0 Å². The second-order valence-electron chi connectivity index (χ2n) is 3.79. The van der Waals surface area contributed by atoms with Crippen molar-refractivity contribution in [3.05, 3.63) is 28.2 Å². The van der Waals surface area contributed by atoms with Crippen LogP contribution in [0, 0.1) is 0 Å². The summed E-state index contributed by atoms with van der Waals surface area (Å²) in [6.07, 6.45) is -0.00928. The van der Waals surface area contributed by atoms with Gasteiger partial charge in [0.2, 0.25) is 0 Å². The summed E-state index contributed by atoms with van der Waals surface area (Å²) in [4.78, 5) is 0. The van der Waals surface area contributed by atoms with Gasteiger partial charge in [0.1, 0.15) is 18.5 Å². The van der Waals surface area contributed by atoms with Crippen molar-refractivity contribution in [3.63, 3.8) is 0 Å². The molecule has 0 spiro atoms. The Labute approximate surface area is 109 Å². The van der Waals surface area contributed by atoms with E-state index in [9.17, 15) is 0 Å². The van der Waals surface area contributed by atoms with E-state index in [-0.39, 0.29) is 12.7 Å². The van der Waals surface area contributed by atoms with E-state index < -0.39 is 0 Å². The Morgan fingerprint density at radius 3 is 3.00 bits per heavy atom. The summed E-state index contributed by atoms with van der Waals surface area (Å²) in [7, 11) is 0. The van der Waals surface area contributed by atoms with Gasteiger partial charge in [-0.3, -0.25) is 0 Å². The monoisotopic (exact) mass is 302 g/mol. The Bertz CT molecular complexity index is 364. The number of hydrogen-bond donors (Lipinski definition) is 1. The van der Waals surface area contributed by atoms with Crippen LogP contribution in [0.1, 0.15) is 5.56 Å². The number of halogens is 1. The van der Waals surface area contributed by atoms with E-state index in [1.54, 1.807) is 0 Å². The molecule has 0 amide bonds. The van der Waals surface area contributed by atoms with E-state index in [0.717, 1.165) is 15.8 Å². The second kappa shape index (κ2) is 6.35. The quantitative estimate of drug-likeness (QED) is 0.920. The number of benzene rings is 1. The lowest BCUT2D eigenvalue weighted by Crippen LogP contribution is -2.33. The maximum Gasteiger partial charge on any atom is 0.119 e. The van der Waals surface area contributed by atoms with Crippen molar-refractivity contribution < 1.29 is 19.3 Å². The molecule has 1 aliphatic heterocycles. The molecule has 0 unspecified atom stereocenters. The molecule has 94 valence electrons. The number of hydrogen-bond acceptors (Lipinski definition) is 4. The minimum Gasteiger partial charge on any atom is -0.491 e. The summed E-state index contributed by atoms with van der Waals surface area (Å²) in [6.45, 7) is 2.30. The summed E-state index contributed by atoms with van der Waals surface area (Å²) in [5, 5.41) is 9.13.